The van der Waals surface area contributed by atoms with Crippen molar-refractivity contribution in [1.29, 1.82) is 0 Å². The number of carbonyl (C=O) groups is 1. The Kier molecular flexibility index (Phi) is 5.32. The van der Waals surface area contributed by atoms with Gasteiger partial charge in [-0.3, -0.25) is 4.79 Å². The molecule has 0 aliphatic heterocycles. The maximum Gasteiger partial charge on any atom is 0.233 e. The predicted octanol–water partition coefficient (Wildman–Crippen LogP) is 3.67. The minimum absolute atomic E-state index is 0.0936. The number of hydrogen-bond acceptors (Lipinski definition) is 5. The lowest BCUT2D eigenvalue weighted by atomic mass is 10.1. The van der Waals surface area contributed by atoms with Gasteiger partial charge in [0.15, 0.2) is 0 Å². The second-order valence-corrected chi connectivity index (χ2v) is 7.94. The van der Waals surface area contributed by atoms with Crippen molar-refractivity contribution >= 4 is 40.9 Å². The highest BCUT2D eigenvalue weighted by Gasteiger charge is 2.29. The molecule has 0 spiro atoms. The lowest BCUT2D eigenvalue weighted by Gasteiger charge is -2.18. The Bertz CT molecular complexity index is 749. The molecule has 1 N–H and O–H groups in total. The third kappa shape index (κ3) is 4.02. The van der Waals surface area contributed by atoms with Crippen LogP contribution in [0, 0.1) is 0 Å². The van der Waals surface area contributed by atoms with Gasteiger partial charge in [0.2, 0.25) is 11.1 Å². The Morgan fingerprint density at radius 1 is 1.38 bits per heavy atom. The molecule has 0 radical (unpaired) electrons. The molecule has 1 saturated carbocycles. The minimum Gasteiger partial charge on any atom is -0.349 e. The molecule has 1 aliphatic rings. The van der Waals surface area contributed by atoms with E-state index in [1.807, 2.05) is 19.9 Å². The summed E-state index contributed by atoms with van der Waals surface area (Å²) in [5.74, 6) is -0.0936. The number of halogens is 2. The Balaban J connectivity index is 1.62. The van der Waals surface area contributed by atoms with Crippen LogP contribution in [0.1, 0.15) is 44.3 Å². The topological polar surface area (TPSA) is 72.7 Å². The van der Waals surface area contributed by atoms with Gasteiger partial charge in [-0.05, 0) is 54.8 Å². The van der Waals surface area contributed by atoms with Crippen LogP contribution in [0.3, 0.4) is 0 Å². The standard InChI is InChI=1S/C15H17Cl2N5OS/c1-8(12-6-3-10(16)7-13(12)17)18-14(23)9(2)24-15-19-20-21-22(15)11-4-5-11/h3,6-9,11H,4-5H2,1-2H3,(H,18,23)/t8-,9+/m0/s1. The van der Waals surface area contributed by atoms with Crippen molar-refractivity contribution in [2.45, 2.75) is 49.2 Å². The number of tetrazole rings is 1. The Hall–Kier alpha value is -1.31. The van der Waals surface area contributed by atoms with Crippen LogP contribution in [0.15, 0.2) is 23.4 Å². The fourth-order valence-corrected chi connectivity index (χ4v) is 3.72. The van der Waals surface area contributed by atoms with Crippen molar-refractivity contribution in [3.63, 3.8) is 0 Å². The molecule has 1 fully saturated rings. The largest absolute Gasteiger partial charge is 0.349 e. The van der Waals surface area contributed by atoms with Gasteiger partial charge in [0.05, 0.1) is 17.3 Å². The number of benzene rings is 1. The smallest absolute Gasteiger partial charge is 0.233 e. The molecule has 9 heteroatoms. The number of hydrogen-bond donors (Lipinski definition) is 1. The molecule has 0 bridgehead atoms. The van der Waals surface area contributed by atoms with E-state index in [1.165, 1.54) is 11.8 Å². The molecule has 1 heterocycles. The molecule has 1 amide bonds. The molecular formula is C15H17Cl2N5OS. The van der Waals surface area contributed by atoms with Gasteiger partial charge in [-0.15, -0.1) is 5.10 Å². The highest BCUT2D eigenvalue weighted by Crippen LogP contribution is 2.37. The van der Waals surface area contributed by atoms with E-state index in [0.29, 0.717) is 21.2 Å². The van der Waals surface area contributed by atoms with Gasteiger partial charge in [-0.1, -0.05) is 41.0 Å². The number of nitrogens with zero attached hydrogens (tertiary/aromatic N) is 4. The Morgan fingerprint density at radius 2 is 2.12 bits per heavy atom. The van der Waals surface area contributed by atoms with E-state index in [1.54, 1.807) is 16.8 Å². The van der Waals surface area contributed by atoms with Gasteiger partial charge < -0.3 is 5.32 Å². The van der Waals surface area contributed by atoms with Crippen molar-refractivity contribution in [3.8, 4) is 0 Å². The highest BCUT2D eigenvalue weighted by molar-refractivity contribution is 8.00. The maximum atomic E-state index is 12.4. The molecule has 24 heavy (non-hydrogen) atoms. The average Bonchev–Trinajstić information content (AvgIpc) is 3.27. The van der Waals surface area contributed by atoms with Gasteiger partial charge in [0, 0.05) is 10.0 Å². The zero-order valence-corrected chi connectivity index (χ0v) is 15.6. The summed E-state index contributed by atoms with van der Waals surface area (Å²) in [5.41, 5.74) is 0.828. The molecule has 6 nitrogen and oxygen atoms in total. The third-order valence-electron chi connectivity index (χ3n) is 3.79. The molecule has 0 saturated heterocycles. The van der Waals surface area contributed by atoms with Gasteiger partial charge >= 0.3 is 0 Å². The summed E-state index contributed by atoms with van der Waals surface area (Å²) in [5, 5.41) is 16.1. The Labute approximate surface area is 154 Å². The minimum atomic E-state index is -0.318. The van der Waals surface area contributed by atoms with Gasteiger partial charge in [0.1, 0.15) is 0 Å². The second kappa shape index (κ2) is 7.29. The summed E-state index contributed by atoms with van der Waals surface area (Å²) < 4.78 is 1.80. The van der Waals surface area contributed by atoms with E-state index in [9.17, 15) is 4.79 Å². The van der Waals surface area contributed by atoms with Gasteiger partial charge in [0.25, 0.3) is 0 Å². The summed E-state index contributed by atoms with van der Waals surface area (Å²) in [6, 6.07) is 5.41. The van der Waals surface area contributed by atoms with Crippen LogP contribution in [0.25, 0.3) is 0 Å². The van der Waals surface area contributed by atoms with E-state index in [2.05, 4.69) is 20.8 Å². The Morgan fingerprint density at radius 3 is 2.79 bits per heavy atom. The van der Waals surface area contributed by atoms with Crippen molar-refractivity contribution in [1.82, 2.24) is 25.5 Å². The first-order valence-corrected chi connectivity index (χ1v) is 9.29. The number of nitrogens with one attached hydrogen (secondary N) is 1. The summed E-state index contributed by atoms with van der Waals surface area (Å²) in [6.45, 7) is 3.72. The molecule has 1 aromatic carbocycles. The van der Waals surface area contributed by atoms with Crippen LogP contribution in [0.2, 0.25) is 10.0 Å². The van der Waals surface area contributed by atoms with E-state index >= 15 is 0 Å². The fraction of sp³-hybridized carbons (Fsp3) is 0.467. The predicted molar refractivity (Wildman–Crippen MR) is 94.4 cm³/mol. The molecule has 2 atom stereocenters. The number of carbonyl (C=O) groups excluding carboxylic acids is 1. The summed E-state index contributed by atoms with van der Waals surface area (Å²) in [4.78, 5) is 12.4. The number of aromatic nitrogens is 4. The van der Waals surface area contributed by atoms with Crippen molar-refractivity contribution in [2.24, 2.45) is 0 Å². The molecular weight excluding hydrogens is 369 g/mol. The molecule has 0 unspecified atom stereocenters. The first-order chi connectivity index (χ1) is 11.5. The summed E-state index contributed by atoms with van der Waals surface area (Å²) in [6.07, 6.45) is 2.18. The van der Waals surface area contributed by atoms with E-state index in [0.717, 1.165) is 18.4 Å². The zero-order valence-electron chi connectivity index (χ0n) is 13.2. The number of thioether (sulfide) groups is 1. The quantitative estimate of drug-likeness (QED) is 0.767. The first kappa shape index (κ1) is 17.5. The van der Waals surface area contributed by atoms with Crippen molar-refractivity contribution in [2.75, 3.05) is 0 Å². The highest BCUT2D eigenvalue weighted by atomic mass is 35.5. The monoisotopic (exact) mass is 385 g/mol. The number of rotatable bonds is 6. The first-order valence-electron chi connectivity index (χ1n) is 7.65. The van der Waals surface area contributed by atoms with Crippen molar-refractivity contribution in [3.05, 3.63) is 33.8 Å². The fourth-order valence-electron chi connectivity index (χ4n) is 2.28. The van der Waals surface area contributed by atoms with Gasteiger partial charge in [-0.2, -0.15) is 0 Å². The van der Waals surface area contributed by atoms with Crippen LogP contribution >= 0.6 is 35.0 Å². The van der Waals surface area contributed by atoms with Crippen LogP contribution in [-0.4, -0.2) is 31.4 Å². The van der Waals surface area contributed by atoms with E-state index < -0.39 is 0 Å². The molecule has 128 valence electrons. The number of amides is 1. The summed E-state index contributed by atoms with van der Waals surface area (Å²) in [7, 11) is 0. The van der Waals surface area contributed by atoms with Crippen LogP contribution in [-0.2, 0) is 4.79 Å². The maximum absolute atomic E-state index is 12.4. The van der Waals surface area contributed by atoms with Crippen LogP contribution in [0.5, 0.6) is 0 Å². The molecule has 3 rings (SSSR count). The zero-order chi connectivity index (χ0) is 17.3. The van der Waals surface area contributed by atoms with Crippen LogP contribution in [0.4, 0.5) is 0 Å². The molecule has 1 aromatic heterocycles. The molecule has 1 aliphatic carbocycles. The SMILES string of the molecule is C[C@H](NC(=O)[C@@H](C)Sc1nnnn1C1CC1)c1ccc(Cl)cc1Cl. The van der Waals surface area contributed by atoms with Crippen LogP contribution < -0.4 is 5.32 Å². The van der Waals surface area contributed by atoms with E-state index in [-0.39, 0.29) is 17.2 Å². The molecule has 2 aromatic rings. The lowest BCUT2D eigenvalue weighted by Crippen LogP contribution is -2.33. The lowest BCUT2D eigenvalue weighted by molar-refractivity contribution is -0.120. The summed E-state index contributed by atoms with van der Waals surface area (Å²) >= 11 is 13.5. The second-order valence-electron chi connectivity index (χ2n) is 5.79. The van der Waals surface area contributed by atoms with Gasteiger partial charge in [-0.25, -0.2) is 4.68 Å². The average molecular weight is 386 g/mol. The van der Waals surface area contributed by atoms with Crippen molar-refractivity contribution < 1.29 is 4.79 Å². The normalized spacial score (nSPS) is 16.7. The third-order valence-corrected chi connectivity index (χ3v) is 5.40. The van der Waals surface area contributed by atoms with E-state index in [4.69, 9.17) is 23.2 Å².